The minimum atomic E-state index is -0.00915. The molecule has 7 nitrogen and oxygen atoms in total. The average molecular weight is 509 g/mol. The number of benzene rings is 1. The highest BCUT2D eigenvalue weighted by Crippen LogP contribution is 2.22. The summed E-state index contributed by atoms with van der Waals surface area (Å²) in [6.45, 7) is 1.01. The number of hydrogen-bond donors (Lipinski definition) is 0. The molecule has 0 aliphatic rings. The number of amides is 2. The highest BCUT2D eigenvalue weighted by Gasteiger charge is 2.29. The fourth-order valence-electron chi connectivity index (χ4n) is 4.54. The van der Waals surface area contributed by atoms with Crippen LogP contribution in [-0.4, -0.2) is 56.0 Å². The van der Waals surface area contributed by atoms with Crippen LogP contribution in [0, 0.1) is 0 Å². The Morgan fingerprint density at radius 1 is 0.632 bits per heavy atom. The lowest BCUT2D eigenvalue weighted by molar-refractivity contribution is 0.0222. The maximum Gasteiger partial charge on any atom is 0.335 e. The SMILES string of the molecule is CN(C)N(Cc1ccccc1)C(=O)N(Cc1ccncc1)C(CCc1ccncc1)CCc1ccncc1. The van der Waals surface area contributed by atoms with Gasteiger partial charge in [0.05, 0.1) is 6.54 Å². The van der Waals surface area contributed by atoms with Crippen molar-refractivity contribution in [2.24, 2.45) is 0 Å². The van der Waals surface area contributed by atoms with Crippen molar-refractivity contribution in [2.45, 2.75) is 44.8 Å². The second kappa shape index (κ2) is 14.0. The third-order valence-electron chi connectivity index (χ3n) is 6.70. The van der Waals surface area contributed by atoms with E-state index in [0.717, 1.165) is 36.8 Å². The summed E-state index contributed by atoms with van der Waals surface area (Å²) in [5, 5.41) is 3.71. The van der Waals surface area contributed by atoms with E-state index in [9.17, 15) is 4.79 Å². The lowest BCUT2D eigenvalue weighted by atomic mass is 9.98. The molecule has 196 valence electrons. The molecule has 3 aromatic heterocycles. The number of urea groups is 1. The molecule has 0 fully saturated rings. The van der Waals surface area contributed by atoms with Crippen molar-refractivity contribution in [1.29, 1.82) is 0 Å². The molecule has 7 heteroatoms. The molecular formula is C31H36N6O. The highest BCUT2D eigenvalue weighted by molar-refractivity contribution is 5.74. The van der Waals surface area contributed by atoms with Crippen LogP contribution in [0.3, 0.4) is 0 Å². The van der Waals surface area contributed by atoms with Crippen LogP contribution in [-0.2, 0) is 25.9 Å². The van der Waals surface area contributed by atoms with Crippen molar-refractivity contribution in [3.05, 3.63) is 126 Å². The minimum absolute atomic E-state index is 0.00915. The zero-order valence-electron chi connectivity index (χ0n) is 22.2. The van der Waals surface area contributed by atoms with E-state index in [4.69, 9.17) is 0 Å². The lowest BCUT2D eigenvalue weighted by Crippen LogP contribution is -2.52. The molecule has 4 rings (SSSR count). The molecule has 0 radical (unpaired) electrons. The molecule has 38 heavy (non-hydrogen) atoms. The van der Waals surface area contributed by atoms with E-state index in [1.165, 1.54) is 11.1 Å². The smallest absolute Gasteiger partial charge is 0.316 e. The van der Waals surface area contributed by atoms with Crippen molar-refractivity contribution in [1.82, 2.24) is 29.9 Å². The van der Waals surface area contributed by atoms with Crippen molar-refractivity contribution in [2.75, 3.05) is 14.1 Å². The first-order valence-electron chi connectivity index (χ1n) is 13.1. The number of aromatic nitrogens is 3. The van der Waals surface area contributed by atoms with E-state index in [1.54, 1.807) is 12.4 Å². The predicted molar refractivity (Wildman–Crippen MR) is 150 cm³/mol. The summed E-state index contributed by atoms with van der Waals surface area (Å²) in [4.78, 5) is 28.9. The van der Waals surface area contributed by atoms with Gasteiger partial charge in [0.25, 0.3) is 0 Å². The van der Waals surface area contributed by atoms with E-state index >= 15 is 0 Å². The quantitative estimate of drug-likeness (QED) is 0.240. The molecule has 1 aromatic carbocycles. The topological polar surface area (TPSA) is 65.5 Å². The fourth-order valence-corrected chi connectivity index (χ4v) is 4.54. The van der Waals surface area contributed by atoms with Crippen molar-refractivity contribution < 1.29 is 4.79 Å². The number of carbonyl (C=O) groups is 1. The molecule has 0 N–H and O–H groups in total. The van der Waals surface area contributed by atoms with E-state index < -0.39 is 0 Å². The van der Waals surface area contributed by atoms with Crippen LogP contribution >= 0.6 is 0 Å². The average Bonchev–Trinajstić information content (AvgIpc) is 2.97. The van der Waals surface area contributed by atoms with Gasteiger partial charge in [-0.2, -0.15) is 0 Å². The van der Waals surface area contributed by atoms with Crippen LogP contribution in [0.1, 0.15) is 35.1 Å². The van der Waals surface area contributed by atoms with Crippen LogP contribution in [0.15, 0.2) is 104 Å². The van der Waals surface area contributed by atoms with Gasteiger partial charge in [-0.25, -0.2) is 9.80 Å². The molecule has 0 aliphatic heterocycles. The van der Waals surface area contributed by atoms with Crippen molar-refractivity contribution in [3.8, 4) is 0 Å². The van der Waals surface area contributed by atoms with Crippen LogP contribution in [0.25, 0.3) is 0 Å². The van der Waals surface area contributed by atoms with Gasteiger partial charge < -0.3 is 4.90 Å². The van der Waals surface area contributed by atoms with Gasteiger partial charge in [0.2, 0.25) is 0 Å². The molecule has 0 saturated heterocycles. The number of pyridine rings is 3. The van der Waals surface area contributed by atoms with Gasteiger partial charge in [0.1, 0.15) is 0 Å². The van der Waals surface area contributed by atoms with Gasteiger partial charge >= 0.3 is 6.03 Å². The van der Waals surface area contributed by atoms with Gasteiger partial charge in [-0.05, 0) is 84.3 Å². The van der Waals surface area contributed by atoms with Gasteiger partial charge in [-0.15, -0.1) is 0 Å². The van der Waals surface area contributed by atoms with Gasteiger partial charge in [0.15, 0.2) is 0 Å². The largest absolute Gasteiger partial charge is 0.335 e. The summed E-state index contributed by atoms with van der Waals surface area (Å²) in [6, 6.07) is 22.3. The van der Waals surface area contributed by atoms with Crippen LogP contribution < -0.4 is 0 Å². The number of hydrazine groups is 1. The Morgan fingerprint density at radius 2 is 1.08 bits per heavy atom. The number of hydrogen-bond acceptors (Lipinski definition) is 5. The van der Waals surface area contributed by atoms with Crippen LogP contribution in [0.2, 0.25) is 0 Å². The Kier molecular flexibility index (Phi) is 9.93. The van der Waals surface area contributed by atoms with Gasteiger partial charge in [0, 0.05) is 63.9 Å². The Labute approximate surface area is 225 Å². The molecule has 4 aromatic rings. The summed E-state index contributed by atoms with van der Waals surface area (Å²) < 4.78 is 0. The molecule has 2 amide bonds. The zero-order valence-corrected chi connectivity index (χ0v) is 22.2. The van der Waals surface area contributed by atoms with Gasteiger partial charge in [-0.3, -0.25) is 20.0 Å². The van der Waals surface area contributed by atoms with E-state index in [-0.39, 0.29) is 12.1 Å². The minimum Gasteiger partial charge on any atom is -0.316 e. The third kappa shape index (κ3) is 7.95. The number of aryl methyl sites for hydroxylation is 2. The van der Waals surface area contributed by atoms with Crippen molar-refractivity contribution in [3.63, 3.8) is 0 Å². The molecular weight excluding hydrogens is 472 g/mol. The molecule has 0 unspecified atom stereocenters. The molecule has 0 spiro atoms. The lowest BCUT2D eigenvalue weighted by Gasteiger charge is -2.39. The maximum atomic E-state index is 14.3. The normalized spacial score (nSPS) is 11.1. The molecule has 0 bridgehead atoms. The fraction of sp³-hybridized carbons (Fsp3) is 0.290. The van der Waals surface area contributed by atoms with Crippen LogP contribution in [0.4, 0.5) is 4.79 Å². The van der Waals surface area contributed by atoms with Crippen molar-refractivity contribution >= 4 is 6.03 Å². The summed E-state index contributed by atoms with van der Waals surface area (Å²) in [7, 11) is 3.85. The monoisotopic (exact) mass is 508 g/mol. The predicted octanol–water partition coefficient (Wildman–Crippen LogP) is 5.41. The molecule has 0 aliphatic carbocycles. The Balaban J connectivity index is 1.63. The summed E-state index contributed by atoms with van der Waals surface area (Å²) in [5.41, 5.74) is 4.59. The van der Waals surface area contributed by atoms with E-state index in [2.05, 4.69) is 51.4 Å². The zero-order chi connectivity index (χ0) is 26.6. The Bertz CT molecular complexity index is 1180. The molecule has 0 saturated carbocycles. The number of carbonyl (C=O) groups excluding carboxylic acids is 1. The summed E-state index contributed by atoms with van der Waals surface area (Å²) >= 11 is 0. The second-order valence-electron chi connectivity index (χ2n) is 9.60. The number of rotatable bonds is 12. The van der Waals surface area contributed by atoms with E-state index in [1.807, 2.05) is 84.1 Å². The first kappa shape index (κ1) is 26.9. The third-order valence-corrected chi connectivity index (χ3v) is 6.70. The van der Waals surface area contributed by atoms with Gasteiger partial charge in [-0.1, -0.05) is 30.3 Å². The summed E-state index contributed by atoms with van der Waals surface area (Å²) in [6.07, 6.45) is 14.3. The molecule has 3 heterocycles. The Morgan fingerprint density at radius 3 is 1.55 bits per heavy atom. The van der Waals surface area contributed by atoms with Crippen LogP contribution in [0.5, 0.6) is 0 Å². The second-order valence-corrected chi connectivity index (χ2v) is 9.60. The standard InChI is InChI=1S/C31H36N6O/c1-35(2)37(25-28-6-4-3-5-7-28)31(38)36(24-29-16-22-34-23-17-29)30(10-8-26-12-18-32-19-13-26)11-9-27-14-20-33-21-15-27/h3-7,12-23,30H,8-11,24-25H2,1-2H3. The first-order chi connectivity index (χ1) is 18.6. The Hall–Kier alpha value is -4.10. The number of nitrogens with zero attached hydrogens (tertiary/aromatic N) is 6. The molecule has 0 atom stereocenters. The maximum absolute atomic E-state index is 14.3. The first-order valence-corrected chi connectivity index (χ1v) is 13.1. The summed E-state index contributed by atoms with van der Waals surface area (Å²) in [5.74, 6) is 0. The van der Waals surface area contributed by atoms with E-state index in [0.29, 0.717) is 13.1 Å². The highest BCUT2D eigenvalue weighted by atomic mass is 16.2.